The molecule has 0 aliphatic rings. The standard InChI is InChI=1S/C12H24N6O2S.HI/c1-12(2,17-21(5,19)20)9-15-11(13-3)14-8-10-6-7-16-18(10)4;/h6-7,17H,8-9H2,1-5H3,(H2,13,14,15);1H. The van der Waals surface area contributed by atoms with Gasteiger partial charge in [-0.3, -0.25) is 9.67 Å². The number of sulfonamides is 1. The average Bonchev–Trinajstić information content (AvgIpc) is 2.72. The van der Waals surface area contributed by atoms with Crippen molar-refractivity contribution in [3.05, 3.63) is 18.0 Å². The first-order valence-corrected chi connectivity index (χ1v) is 8.42. The molecule has 0 aliphatic carbocycles. The Morgan fingerprint density at radius 2 is 2.05 bits per heavy atom. The number of nitrogens with zero attached hydrogens (tertiary/aromatic N) is 3. The highest BCUT2D eigenvalue weighted by Gasteiger charge is 2.22. The smallest absolute Gasteiger partial charge is 0.209 e. The number of aryl methyl sites for hydroxylation is 1. The van der Waals surface area contributed by atoms with Gasteiger partial charge in [0, 0.05) is 32.4 Å². The van der Waals surface area contributed by atoms with E-state index >= 15 is 0 Å². The lowest BCUT2D eigenvalue weighted by atomic mass is 10.1. The van der Waals surface area contributed by atoms with Crippen LogP contribution in [0.5, 0.6) is 0 Å². The van der Waals surface area contributed by atoms with Crippen molar-refractivity contribution in [2.24, 2.45) is 12.0 Å². The van der Waals surface area contributed by atoms with E-state index in [4.69, 9.17) is 0 Å². The second kappa shape index (κ2) is 8.67. The number of hydrogen-bond donors (Lipinski definition) is 3. The summed E-state index contributed by atoms with van der Waals surface area (Å²) >= 11 is 0. The molecule has 1 aromatic rings. The molecule has 128 valence electrons. The zero-order chi connectivity index (χ0) is 16.1. The van der Waals surface area contributed by atoms with Crippen LogP contribution in [0.4, 0.5) is 0 Å². The second-order valence-electron chi connectivity index (χ2n) is 5.48. The lowest BCUT2D eigenvalue weighted by Gasteiger charge is -2.26. The molecule has 22 heavy (non-hydrogen) atoms. The highest BCUT2D eigenvalue weighted by Crippen LogP contribution is 2.02. The first kappa shape index (κ1) is 21.1. The van der Waals surface area contributed by atoms with Gasteiger partial charge in [-0.15, -0.1) is 24.0 Å². The molecule has 0 atom stereocenters. The van der Waals surface area contributed by atoms with E-state index in [-0.39, 0.29) is 24.0 Å². The lowest BCUT2D eigenvalue weighted by Crippen LogP contribution is -2.52. The predicted octanol–water partition coefficient (Wildman–Crippen LogP) is 0.0309. The van der Waals surface area contributed by atoms with Crippen LogP contribution in [0.25, 0.3) is 0 Å². The molecule has 1 aromatic heterocycles. The first-order valence-electron chi connectivity index (χ1n) is 6.53. The van der Waals surface area contributed by atoms with Gasteiger partial charge < -0.3 is 10.6 Å². The van der Waals surface area contributed by atoms with Crippen molar-refractivity contribution < 1.29 is 8.42 Å². The Balaban J connectivity index is 0.00000441. The van der Waals surface area contributed by atoms with E-state index < -0.39 is 15.6 Å². The molecule has 0 spiro atoms. The van der Waals surface area contributed by atoms with E-state index in [9.17, 15) is 8.42 Å². The zero-order valence-corrected chi connectivity index (χ0v) is 16.7. The molecule has 10 heteroatoms. The summed E-state index contributed by atoms with van der Waals surface area (Å²) in [6.45, 7) is 4.59. The molecule has 0 radical (unpaired) electrons. The third-order valence-corrected chi connectivity index (χ3v) is 3.67. The van der Waals surface area contributed by atoms with E-state index in [1.54, 1.807) is 31.8 Å². The molecule has 0 saturated heterocycles. The number of hydrogen-bond acceptors (Lipinski definition) is 4. The Labute approximate surface area is 149 Å². The van der Waals surface area contributed by atoms with Crippen LogP contribution in [0.1, 0.15) is 19.5 Å². The molecule has 0 saturated carbocycles. The number of rotatable bonds is 6. The number of aliphatic imine (C=N–C) groups is 1. The van der Waals surface area contributed by atoms with Gasteiger partial charge in [-0.25, -0.2) is 13.1 Å². The summed E-state index contributed by atoms with van der Waals surface area (Å²) in [7, 11) is 0.278. The molecule has 0 fully saturated rings. The van der Waals surface area contributed by atoms with Gasteiger partial charge in [-0.1, -0.05) is 0 Å². The number of nitrogens with one attached hydrogen (secondary N) is 3. The molecule has 0 unspecified atom stereocenters. The van der Waals surface area contributed by atoms with Gasteiger partial charge in [0.15, 0.2) is 5.96 Å². The Morgan fingerprint density at radius 1 is 1.41 bits per heavy atom. The van der Waals surface area contributed by atoms with Crippen molar-refractivity contribution in [3.8, 4) is 0 Å². The summed E-state index contributed by atoms with van der Waals surface area (Å²) in [4.78, 5) is 4.10. The van der Waals surface area contributed by atoms with Crippen LogP contribution in [0, 0.1) is 0 Å². The molecule has 0 aliphatic heterocycles. The maximum Gasteiger partial charge on any atom is 0.209 e. The topological polar surface area (TPSA) is 100 Å². The Bertz CT molecular complexity index is 597. The van der Waals surface area contributed by atoms with E-state index in [1.807, 2.05) is 13.1 Å². The summed E-state index contributed by atoms with van der Waals surface area (Å²) in [5.41, 5.74) is 0.407. The number of aromatic nitrogens is 2. The van der Waals surface area contributed by atoms with Gasteiger partial charge in [0.2, 0.25) is 10.0 Å². The second-order valence-corrected chi connectivity index (χ2v) is 7.23. The summed E-state index contributed by atoms with van der Waals surface area (Å²) in [5.74, 6) is 0.597. The predicted molar refractivity (Wildman–Crippen MR) is 98.9 cm³/mol. The summed E-state index contributed by atoms with van der Waals surface area (Å²) in [6, 6.07) is 1.91. The molecule has 0 amide bonds. The number of halogens is 1. The molecule has 3 N–H and O–H groups in total. The van der Waals surface area contributed by atoms with Gasteiger partial charge in [-0.05, 0) is 19.9 Å². The van der Waals surface area contributed by atoms with Crippen LogP contribution >= 0.6 is 24.0 Å². The molecule has 0 bridgehead atoms. The van der Waals surface area contributed by atoms with E-state index in [1.165, 1.54) is 0 Å². The summed E-state index contributed by atoms with van der Waals surface area (Å²) in [5, 5.41) is 10.3. The fourth-order valence-electron chi connectivity index (χ4n) is 1.81. The van der Waals surface area contributed by atoms with Gasteiger partial charge >= 0.3 is 0 Å². The van der Waals surface area contributed by atoms with E-state index in [0.29, 0.717) is 19.0 Å². The van der Waals surface area contributed by atoms with Gasteiger partial charge in [0.05, 0.1) is 18.5 Å². The van der Waals surface area contributed by atoms with Crippen LogP contribution in [0.3, 0.4) is 0 Å². The normalized spacial score (nSPS) is 12.7. The van der Waals surface area contributed by atoms with Crippen LogP contribution < -0.4 is 15.4 Å². The zero-order valence-electron chi connectivity index (χ0n) is 13.5. The Hall–Kier alpha value is -0.880. The van der Waals surface area contributed by atoms with Crippen molar-refractivity contribution in [2.75, 3.05) is 19.8 Å². The Morgan fingerprint density at radius 3 is 2.50 bits per heavy atom. The van der Waals surface area contributed by atoms with Crippen molar-refractivity contribution in [1.82, 2.24) is 25.1 Å². The van der Waals surface area contributed by atoms with Crippen LogP contribution in [0.2, 0.25) is 0 Å². The van der Waals surface area contributed by atoms with Crippen LogP contribution in [0.15, 0.2) is 17.3 Å². The number of guanidine groups is 1. The van der Waals surface area contributed by atoms with Crippen molar-refractivity contribution in [3.63, 3.8) is 0 Å². The fourth-order valence-corrected chi connectivity index (χ4v) is 2.89. The van der Waals surface area contributed by atoms with Crippen molar-refractivity contribution >= 4 is 40.0 Å². The fraction of sp³-hybridized carbons (Fsp3) is 0.667. The average molecular weight is 444 g/mol. The van der Waals surface area contributed by atoms with E-state index in [0.717, 1.165) is 11.9 Å². The highest BCUT2D eigenvalue weighted by molar-refractivity contribution is 14.0. The first-order chi connectivity index (χ1) is 9.63. The van der Waals surface area contributed by atoms with Gasteiger partial charge in [-0.2, -0.15) is 5.10 Å². The molecule has 1 rings (SSSR count). The molecule has 8 nitrogen and oxygen atoms in total. The monoisotopic (exact) mass is 444 g/mol. The van der Waals surface area contributed by atoms with Crippen LogP contribution in [-0.4, -0.2) is 49.5 Å². The van der Waals surface area contributed by atoms with Crippen molar-refractivity contribution in [1.29, 1.82) is 0 Å². The molecule has 1 heterocycles. The highest BCUT2D eigenvalue weighted by atomic mass is 127. The molecule has 0 aromatic carbocycles. The van der Waals surface area contributed by atoms with Crippen molar-refractivity contribution in [2.45, 2.75) is 25.9 Å². The minimum absolute atomic E-state index is 0. The maximum absolute atomic E-state index is 11.3. The Kier molecular flexibility index (Phi) is 8.33. The quantitative estimate of drug-likeness (QED) is 0.327. The minimum atomic E-state index is -3.25. The van der Waals surface area contributed by atoms with Gasteiger partial charge in [0.1, 0.15) is 0 Å². The molecular formula is C12H25IN6O2S. The SMILES string of the molecule is CN=C(NCc1ccnn1C)NCC(C)(C)NS(C)(=O)=O.I. The van der Waals surface area contributed by atoms with Crippen LogP contribution in [-0.2, 0) is 23.6 Å². The third kappa shape index (κ3) is 7.94. The summed E-state index contributed by atoms with van der Waals surface area (Å²) < 4.78 is 26.9. The molecular weight excluding hydrogens is 419 g/mol. The van der Waals surface area contributed by atoms with E-state index in [2.05, 4.69) is 25.4 Å². The summed E-state index contributed by atoms with van der Waals surface area (Å²) in [6.07, 6.45) is 2.87. The minimum Gasteiger partial charge on any atom is -0.355 e. The maximum atomic E-state index is 11.3. The third-order valence-electron chi connectivity index (χ3n) is 2.74. The lowest BCUT2D eigenvalue weighted by molar-refractivity contribution is 0.446. The largest absolute Gasteiger partial charge is 0.355 e. The van der Waals surface area contributed by atoms with Gasteiger partial charge in [0.25, 0.3) is 0 Å².